The molecule has 2 aromatic carbocycles. The Morgan fingerprint density at radius 2 is 1.69 bits per heavy atom. The van der Waals surface area contributed by atoms with Crippen molar-refractivity contribution in [1.82, 2.24) is 10.0 Å². The summed E-state index contributed by atoms with van der Waals surface area (Å²) in [5, 5.41) is 3.30. The highest BCUT2D eigenvalue weighted by Crippen LogP contribution is 2.48. The Bertz CT molecular complexity index is 1260. The molecule has 0 heterocycles. The van der Waals surface area contributed by atoms with Gasteiger partial charge in [-0.3, -0.25) is 23.1 Å². The number of carbonyl (C=O) groups is 3. The summed E-state index contributed by atoms with van der Waals surface area (Å²) in [6.45, 7) is 3.75. The molecular weight excluding hydrogens is 518 g/mol. The Morgan fingerprint density at radius 1 is 1.05 bits per heavy atom. The minimum absolute atomic E-state index is 0.202. The van der Waals surface area contributed by atoms with Crippen molar-refractivity contribution >= 4 is 28.4 Å². The van der Waals surface area contributed by atoms with Gasteiger partial charge in [0.25, 0.3) is 11.8 Å². The Kier molecular flexibility index (Phi) is 10.5. The zero-order valence-corrected chi connectivity index (χ0v) is 23.1. The van der Waals surface area contributed by atoms with Crippen LogP contribution in [0.2, 0.25) is 0 Å². The highest BCUT2D eigenvalue weighted by Gasteiger charge is 2.36. The van der Waals surface area contributed by atoms with E-state index in [1.165, 1.54) is 7.11 Å². The SMILES string of the molecule is CC/C(NCc1ccccc1)=C(\C(=O)C(N)=O)C1C(OCC(=O)NS(O)(OC)c2ccccc2)=CC=CC1C. The summed E-state index contributed by atoms with van der Waals surface area (Å²) in [6, 6.07) is 18.2. The number of nitrogens with one attached hydrogen (secondary N) is 2. The van der Waals surface area contributed by atoms with Crippen LogP contribution in [-0.4, -0.2) is 35.9 Å². The molecule has 0 aromatic heterocycles. The van der Waals surface area contributed by atoms with E-state index in [9.17, 15) is 18.9 Å². The molecule has 0 saturated heterocycles. The van der Waals surface area contributed by atoms with Gasteiger partial charge in [-0.05, 0) is 36.1 Å². The number of amides is 2. The quantitative estimate of drug-likeness (QED) is 0.216. The molecule has 3 unspecified atom stereocenters. The normalized spacial score (nSPS) is 19.5. The molecule has 0 aliphatic heterocycles. The molecule has 9 nitrogen and oxygen atoms in total. The first-order valence-electron chi connectivity index (χ1n) is 12.5. The Hall–Kier alpha value is -3.86. The standard InChI is InChI=1S/C29H35N3O6S/c1-4-23(31-18-21-13-7-5-8-14-21)27(28(34)29(30)35)26-20(2)12-11-17-24(26)38-19-25(33)32-39(36,37-3)22-15-9-6-10-16-22/h5-17,20,26,31,36H,4,18-19H2,1-3H3,(H2,30,35)(H,32,33)/b27-23+. The fraction of sp³-hybridized carbons (Fsp3) is 0.276. The number of carbonyl (C=O) groups excluding carboxylic acids is 3. The number of primary amides is 1. The van der Waals surface area contributed by atoms with Crippen molar-refractivity contribution in [2.45, 2.75) is 31.7 Å². The van der Waals surface area contributed by atoms with Gasteiger partial charge in [0.1, 0.15) is 5.76 Å². The maximum Gasteiger partial charge on any atom is 0.289 e. The average molecular weight is 554 g/mol. The van der Waals surface area contributed by atoms with Crippen LogP contribution in [0.5, 0.6) is 0 Å². The first kappa shape index (κ1) is 29.7. The van der Waals surface area contributed by atoms with E-state index in [0.29, 0.717) is 29.3 Å². The molecule has 1 aliphatic rings. The van der Waals surface area contributed by atoms with Crippen LogP contribution >= 0.6 is 10.8 Å². The van der Waals surface area contributed by atoms with Crippen molar-refractivity contribution in [1.29, 1.82) is 0 Å². The lowest BCUT2D eigenvalue weighted by Crippen LogP contribution is -2.36. The van der Waals surface area contributed by atoms with Gasteiger partial charge in [-0.25, -0.2) is 4.72 Å². The molecular formula is C29H35N3O6S. The van der Waals surface area contributed by atoms with Crippen molar-refractivity contribution in [3.05, 3.63) is 101 Å². The van der Waals surface area contributed by atoms with Gasteiger partial charge >= 0.3 is 0 Å². The monoisotopic (exact) mass is 553 g/mol. The van der Waals surface area contributed by atoms with E-state index in [1.54, 1.807) is 42.5 Å². The maximum absolute atomic E-state index is 13.2. The molecule has 0 radical (unpaired) electrons. The summed E-state index contributed by atoms with van der Waals surface area (Å²) in [5.74, 6) is -3.09. The number of hydrogen-bond acceptors (Lipinski definition) is 7. The molecule has 1 aliphatic carbocycles. The first-order chi connectivity index (χ1) is 18.7. The molecule has 39 heavy (non-hydrogen) atoms. The minimum atomic E-state index is -3.07. The second-order valence-corrected chi connectivity index (χ2v) is 10.9. The third kappa shape index (κ3) is 7.60. The van der Waals surface area contributed by atoms with Gasteiger partial charge in [0.15, 0.2) is 6.61 Å². The summed E-state index contributed by atoms with van der Waals surface area (Å²) < 4.78 is 24.6. The molecule has 10 heteroatoms. The van der Waals surface area contributed by atoms with Crippen LogP contribution in [0, 0.1) is 11.8 Å². The van der Waals surface area contributed by atoms with Crippen LogP contribution in [0.3, 0.4) is 0 Å². The van der Waals surface area contributed by atoms with Gasteiger partial charge in [0.2, 0.25) is 5.78 Å². The maximum atomic E-state index is 13.2. The van der Waals surface area contributed by atoms with Crippen LogP contribution in [0.4, 0.5) is 0 Å². The highest BCUT2D eigenvalue weighted by molar-refractivity contribution is 8.23. The van der Waals surface area contributed by atoms with E-state index in [0.717, 1.165) is 5.56 Å². The number of hydrogen-bond donors (Lipinski definition) is 4. The van der Waals surface area contributed by atoms with Crippen molar-refractivity contribution < 1.29 is 27.9 Å². The lowest BCUT2D eigenvalue weighted by Gasteiger charge is -2.37. The molecule has 2 amide bonds. The largest absolute Gasteiger partial charge is 0.487 e. The summed E-state index contributed by atoms with van der Waals surface area (Å²) in [6.07, 6.45) is 5.75. The van der Waals surface area contributed by atoms with Gasteiger partial charge in [-0.1, -0.05) is 85.3 Å². The molecule has 208 valence electrons. The van der Waals surface area contributed by atoms with Gasteiger partial charge in [0.05, 0.1) is 17.9 Å². The molecule has 3 atom stereocenters. The van der Waals surface area contributed by atoms with E-state index in [-0.39, 0.29) is 11.5 Å². The summed E-state index contributed by atoms with van der Waals surface area (Å²) in [4.78, 5) is 38.5. The number of rotatable bonds is 13. The number of benzene rings is 2. The third-order valence-electron chi connectivity index (χ3n) is 6.24. The second kappa shape index (κ2) is 13.8. The second-order valence-electron chi connectivity index (χ2n) is 8.89. The fourth-order valence-corrected chi connectivity index (χ4v) is 5.58. The minimum Gasteiger partial charge on any atom is -0.487 e. The van der Waals surface area contributed by atoms with Crippen LogP contribution in [-0.2, 0) is 29.8 Å². The Morgan fingerprint density at radius 3 is 2.28 bits per heavy atom. The Labute approximate surface area is 230 Å². The number of allylic oxidation sites excluding steroid dienone is 5. The predicted octanol–water partition coefficient (Wildman–Crippen LogP) is 4.15. The molecule has 2 aromatic rings. The van der Waals surface area contributed by atoms with E-state index < -0.39 is 40.9 Å². The lowest BCUT2D eigenvalue weighted by atomic mass is 9.79. The van der Waals surface area contributed by atoms with Crippen molar-refractivity contribution in [2.75, 3.05) is 13.7 Å². The highest BCUT2D eigenvalue weighted by atomic mass is 32.3. The van der Waals surface area contributed by atoms with Gasteiger partial charge in [-0.2, -0.15) is 0 Å². The van der Waals surface area contributed by atoms with Gasteiger partial charge in [-0.15, -0.1) is 0 Å². The van der Waals surface area contributed by atoms with E-state index >= 15 is 0 Å². The van der Waals surface area contributed by atoms with Crippen LogP contribution in [0.1, 0.15) is 25.8 Å². The van der Waals surface area contributed by atoms with E-state index in [2.05, 4.69) is 10.0 Å². The molecule has 0 fully saturated rings. The van der Waals surface area contributed by atoms with Gasteiger partial charge < -0.3 is 15.8 Å². The average Bonchev–Trinajstić information content (AvgIpc) is 2.95. The topological polar surface area (TPSA) is 140 Å². The predicted molar refractivity (Wildman–Crippen MR) is 151 cm³/mol. The zero-order chi connectivity index (χ0) is 28.4. The smallest absolute Gasteiger partial charge is 0.289 e. The van der Waals surface area contributed by atoms with Crippen LogP contribution < -0.4 is 15.8 Å². The molecule has 0 saturated carbocycles. The van der Waals surface area contributed by atoms with E-state index in [1.807, 2.05) is 50.3 Å². The summed E-state index contributed by atoms with van der Waals surface area (Å²) in [5.41, 5.74) is 7.23. The van der Waals surface area contributed by atoms with Crippen molar-refractivity contribution in [3.63, 3.8) is 0 Å². The molecule has 5 N–H and O–H groups in total. The third-order valence-corrected chi connectivity index (χ3v) is 8.14. The lowest BCUT2D eigenvalue weighted by molar-refractivity contribution is -0.134. The number of nitrogens with two attached hydrogens (primary N) is 1. The molecule has 3 rings (SSSR count). The van der Waals surface area contributed by atoms with Crippen LogP contribution in [0.25, 0.3) is 0 Å². The van der Waals surface area contributed by atoms with Crippen molar-refractivity contribution in [2.24, 2.45) is 17.6 Å². The first-order valence-corrected chi connectivity index (χ1v) is 14.0. The van der Waals surface area contributed by atoms with E-state index in [4.69, 9.17) is 14.7 Å². The summed E-state index contributed by atoms with van der Waals surface area (Å²) >= 11 is 0. The zero-order valence-electron chi connectivity index (χ0n) is 22.3. The molecule has 0 bridgehead atoms. The van der Waals surface area contributed by atoms with Crippen molar-refractivity contribution in [3.8, 4) is 0 Å². The summed E-state index contributed by atoms with van der Waals surface area (Å²) in [7, 11) is -1.77. The number of ether oxygens (including phenoxy) is 1. The Balaban J connectivity index is 1.85. The number of Topliss-reactive ketones (excluding diaryl/α,β-unsaturated/α-hetero) is 1. The fourth-order valence-electron chi connectivity index (χ4n) is 4.29. The van der Waals surface area contributed by atoms with Gasteiger partial charge in [0, 0.05) is 17.8 Å². The number of ketones is 1. The molecule has 0 spiro atoms. The van der Waals surface area contributed by atoms with Crippen LogP contribution in [0.15, 0.2) is 101 Å².